The van der Waals surface area contributed by atoms with Crippen molar-refractivity contribution < 1.29 is 9.84 Å². The second-order valence-electron chi connectivity index (χ2n) is 5.21. The van der Waals surface area contributed by atoms with Crippen LogP contribution in [0.3, 0.4) is 0 Å². The Hall–Kier alpha value is -0.910. The van der Waals surface area contributed by atoms with Crippen LogP contribution in [0.4, 0.5) is 5.82 Å². The van der Waals surface area contributed by atoms with E-state index in [9.17, 15) is 5.11 Å². The first-order valence-electron chi connectivity index (χ1n) is 6.54. The third kappa shape index (κ3) is 3.16. The largest absolute Gasteiger partial charge is 0.394 e. The fourth-order valence-electron chi connectivity index (χ4n) is 2.43. The number of halogens is 1. The molecule has 0 bridgehead atoms. The van der Waals surface area contributed by atoms with Crippen LogP contribution in [0, 0.1) is 0 Å². The monoisotopic (exact) mass is 285 g/mol. The predicted molar refractivity (Wildman–Crippen MR) is 74.8 cm³/mol. The Morgan fingerprint density at radius 1 is 1.47 bits per heavy atom. The van der Waals surface area contributed by atoms with Crippen LogP contribution >= 0.6 is 11.6 Å². The third-order valence-electron chi connectivity index (χ3n) is 3.22. The van der Waals surface area contributed by atoms with Gasteiger partial charge in [-0.2, -0.15) is 0 Å². The Morgan fingerprint density at radius 3 is 2.84 bits per heavy atom. The summed E-state index contributed by atoms with van der Waals surface area (Å²) in [5.74, 6) is 1.10. The van der Waals surface area contributed by atoms with Gasteiger partial charge in [0.2, 0.25) is 0 Å². The summed E-state index contributed by atoms with van der Waals surface area (Å²) < 4.78 is 5.65. The van der Waals surface area contributed by atoms with Crippen molar-refractivity contribution in [1.29, 1.82) is 0 Å². The zero-order chi connectivity index (χ0) is 14.0. The van der Waals surface area contributed by atoms with Crippen molar-refractivity contribution in [2.45, 2.75) is 38.9 Å². The first kappa shape index (κ1) is 14.5. The van der Waals surface area contributed by atoms with Gasteiger partial charge >= 0.3 is 0 Å². The van der Waals surface area contributed by atoms with Crippen molar-refractivity contribution in [1.82, 2.24) is 9.97 Å². The summed E-state index contributed by atoms with van der Waals surface area (Å²) in [6.07, 6.45) is 1.36. The molecule has 5 nitrogen and oxygen atoms in total. The number of nitrogens with zero attached hydrogens (tertiary/aromatic N) is 3. The molecule has 6 heteroatoms. The van der Waals surface area contributed by atoms with Gasteiger partial charge in [0.05, 0.1) is 18.8 Å². The van der Waals surface area contributed by atoms with E-state index in [1.165, 1.54) is 6.33 Å². The zero-order valence-electron chi connectivity index (χ0n) is 11.5. The maximum Gasteiger partial charge on any atom is 0.138 e. The lowest BCUT2D eigenvalue weighted by Crippen LogP contribution is -2.48. The van der Waals surface area contributed by atoms with E-state index in [4.69, 9.17) is 16.3 Å². The second kappa shape index (κ2) is 6.03. The molecule has 106 valence electrons. The maximum absolute atomic E-state index is 9.30. The van der Waals surface area contributed by atoms with Crippen LogP contribution in [-0.2, 0) is 4.74 Å². The fraction of sp³-hybridized carbons (Fsp3) is 0.692. The summed E-state index contributed by atoms with van der Waals surface area (Å²) >= 11 is 6.19. The highest BCUT2D eigenvalue weighted by molar-refractivity contribution is 6.30. The molecule has 1 aliphatic heterocycles. The Morgan fingerprint density at radius 2 is 2.21 bits per heavy atom. The van der Waals surface area contributed by atoms with Gasteiger partial charge in [-0.3, -0.25) is 0 Å². The van der Waals surface area contributed by atoms with E-state index in [0.717, 1.165) is 17.9 Å². The van der Waals surface area contributed by atoms with E-state index in [1.807, 2.05) is 6.92 Å². The molecule has 0 aromatic carbocycles. The Kier molecular flexibility index (Phi) is 4.60. The summed E-state index contributed by atoms with van der Waals surface area (Å²) in [5, 5.41) is 9.80. The molecule has 1 saturated heterocycles. The number of rotatable bonds is 3. The molecule has 1 aliphatic rings. The molecule has 2 heterocycles. The molecule has 0 radical (unpaired) electrons. The zero-order valence-corrected chi connectivity index (χ0v) is 12.3. The lowest BCUT2D eigenvalue weighted by Gasteiger charge is -2.37. The van der Waals surface area contributed by atoms with Gasteiger partial charge in [0.1, 0.15) is 17.3 Å². The predicted octanol–water partition coefficient (Wildman–Crippen LogP) is 1.84. The van der Waals surface area contributed by atoms with Crippen molar-refractivity contribution in [3.8, 4) is 0 Å². The molecule has 2 atom stereocenters. The number of aliphatic hydroxyl groups is 1. The number of aromatic nitrogens is 2. The smallest absolute Gasteiger partial charge is 0.138 e. The number of ether oxygens (including phenoxy) is 1. The topological polar surface area (TPSA) is 58.5 Å². The summed E-state index contributed by atoms with van der Waals surface area (Å²) in [6, 6.07) is 0. The highest BCUT2D eigenvalue weighted by atomic mass is 35.5. The minimum absolute atomic E-state index is 0.0106. The average Bonchev–Trinajstić information content (AvgIpc) is 2.37. The van der Waals surface area contributed by atoms with Crippen LogP contribution in [0.25, 0.3) is 0 Å². The summed E-state index contributed by atoms with van der Waals surface area (Å²) in [7, 11) is 0. The van der Waals surface area contributed by atoms with Gasteiger partial charge < -0.3 is 14.7 Å². The quantitative estimate of drug-likeness (QED) is 0.859. The molecular formula is C13H20ClN3O2. The number of hydrogen-bond donors (Lipinski definition) is 1. The Bertz CT molecular complexity index is 442. The molecule has 1 aromatic heterocycles. The van der Waals surface area contributed by atoms with Crippen molar-refractivity contribution in [3.63, 3.8) is 0 Å². The van der Waals surface area contributed by atoms with Crippen LogP contribution in [0.5, 0.6) is 0 Å². The van der Waals surface area contributed by atoms with E-state index >= 15 is 0 Å². The van der Waals surface area contributed by atoms with Gasteiger partial charge in [-0.05, 0) is 12.8 Å². The number of anilines is 1. The van der Waals surface area contributed by atoms with Gasteiger partial charge in [0.15, 0.2) is 0 Å². The molecule has 1 fully saturated rings. The Balaban J connectivity index is 2.33. The molecule has 2 rings (SSSR count). The maximum atomic E-state index is 9.30. The third-order valence-corrected chi connectivity index (χ3v) is 3.52. The Labute approximate surface area is 118 Å². The van der Waals surface area contributed by atoms with Gasteiger partial charge in [0.25, 0.3) is 0 Å². The van der Waals surface area contributed by atoms with Gasteiger partial charge in [-0.15, -0.1) is 0 Å². The van der Waals surface area contributed by atoms with Crippen LogP contribution in [0.15, 0.2) is 6.33 Å². The van der Waals surface area contributed by atoms with Gasteiger partial charge in [-0.1, -0.05) is 25.4 Å². The molecular weight excluding hydrogens is 266 g/mol. The van der Waals surface area contributed by atoms with Crippen LogP contribution in [-0.4, -0.2) is 47.0 Å². The lowest BCUT2D eigenvalue weighted by molar-refractivity contribution is -0.0423. The molecule has 0 spiro atoms. The minimum Gasteiger partial charge on any atom is -0.394 e. The first-order chi connectivity index (χ1) is 9.02. The molecule has 0 amide bonds. The van der Waals surface area contributed by atoms with Crippen molar-refractivity contribution in [2.24, 2.45) is 0 Å². The minimum atomic E-state index is -0.183. The number of morpholine rings is 1. The highest BCUT2D eigenvalue weighted by Gasteiger charge is 2.28. The molecule has 19 heavy (non-hydrogen) atoms. The van der Waals surface area contributed by atoms with E-state index in [-0.39, 0.29) is 24.7 Å². The van der Waals surface area contributed by atoms with E-state index in [1.54, 1.807) is 0 Å². The summed E-state index contributed by atoms with van der Waals surface area (Å²) in [6.45, 7) is 7.50. The van der Waals surface area contributed by atoms with E-state index in [0.29, 0.717) is 11.7 Å². The first-order valence-corrected chi connectivity index (χ1v) is 6.92. The second-order valence-corrected chi connectivity index (χ2v) is 5.57. The standard InChI is InChI=1S/C13H20ClN3O2/c1-8(2)11-12(14)15-7-16-13(11)17-4-9(3)19-10(5-17)6-18/h7-10,18H,4-6H2,1-3H3. The fourth-order valence-corrected chi connectivity index (χ4v) is 2.78. The van der Waals surface area contributed by atoms with Crippen molar-refractivity contribution >= 4 is 17.4 Å². The van der Waals surface area contributed by atoms with Crippen molar-refractivity contribution in [2.75, 3.05) is 24.6 Å². The normalized spacial score (nSPS) is 24.0. The number of hydrogen-bond acceptors (Lipinski definition) is 5. The van der Waals surface area contributed by atoms with E-state index in [2.05, 4.69) is 28.7 Å². The molecule has 0 aliphatic carbocycles. The molecule has 1 aromatic rings. The molecule has 1 N–H and O–H groups in total. The summed E-state index contributed by atoms with van der Waals surface area (Å²) in [5.41, 5.74) is 0.954. The van der Waals surface area contributed by atoms with Gasteiger partial charge in [-0.25, -0.2) is 9.97 Å². The molecule has 0 saturated carbocycles. The lowest BCUT2D eigenvalue weighted by atomic mass is 10.0. The summed E-state index contributed by atoms with van der Waals surface area (Å²) in [4.78, 5) is 10.6. The number of aliphatic hydroxyl groups excluding tert-OH is 1. The molecule has 2 unspecified atom stereocenters. The van der Waals surface area contributed by atoms with Crippen LogP contribution in [0.1, 0.15) is 32.3 Å². The van der Waals surface area contributed by atoms with Crippen LogP contribution in [0.2, 0.25) is 5.15 Å². The van der Waals surface area contributed by atoms with Gasteiger partial charge in [0, 0.05) is 18.7 Å². The highest BCUT2D eigenvalue weighted by Crippen LogP contribution is 2.31. The SMILES string of the molecule is CC1CN(c2ncnc(Cl)c2C(C)C)CC(CO)O1. The van der Waals surface area contributed by atoms with E-state index < -0.39 is 0 Å². The van der Waals surface area contributed by atoms with Crippen LogP contribution < -0.4 is 4.90 Å². The average molecular weight is 286 g/mol. The van der Waals surface area contributed by atoms with Crippen molar-refractivity contribution in [3.05, 3.63) is 17.0 Å².